The Morgan fingerprint density at radius 3 is 2.52 bits per heavy atom. The minimum atomic E-state index is -0.493. The van der Waals surface area contributed by atoms with E-state index < -0.39 is 5.91 Å². The van der Waals surface area contributed by atoms with Crippen LogP contribution in [-0.4, -0.2) is 27.1 Å². The highest BCUT2D eigenvalue weighted by molar-refractivity contribution is 7.99. The molecule has 0 aliphatic rings. The molecule has 1 heterocycles. The second kappa shape index (κ2) is 8.26. The molecule has 2 amide bonds. The topological polar surface area (TPSA) is 90.0 Å². The van der Waals surface area contributed by atoms with Crippen molar-refractivity contribution in [1.29, 1.82) is 0 Å². The summed E-state index contributed by atoms with van der Waals surface area (Å²) in [5.74, 6) is 0.0981. The number of rotatable bonds is 7. The molecule has 3 rings (SSSR count). The Bertz CT molecular complexity index is 964. The van der Waals surface area contributed by atoms with Crippen LogP contribution >= 0.6 is 11.8 Å². The van der Waals surface area contributed by atoms with E-state index in [0.29, 0.717) is 17.2 Å². The number of nitrogens with two attached hydrogens (primary N) is 1. The number of benzene rings is 2. The van der Waals surface area contributed by atoms with Crippen LogP contribution < -0.4 is 11.1 Å². The summed E-state index contributed by atoms with van der Waals surface area (Å²) in [6, 6.07) is 14.5. The second-order valence-corrected chi connectivity index (χ2v) is 7.61. The first kappa shape index (κ1) is 19.0. The number of anilines is 1. The van der Waals surface area contributed by atoms with Crippen molar-refractivity contribution < 1.29 is 9.59 Å². The molecule has 3 N–H and O–H groups in total. The monoisotopic (exact) mass is 382 g/mol. The SMILES string of the molecule is CC(C)Cn1c(SCC(=O)Nc2ccc(C(N)=O)cc2)nc2ccccc21. The van der Waals surface area contributed by atoms with Crippen molar-refractivity contribution in [3.63, 3.8) is 0 Å². The summed E-state index contributed by atoms with van der Waals surface area (Å²) in [4.78, 5) is 28.1. The highest BCUT2D eigenvalue weighted by Gasteiger charge is 2.14. The Labute approximate surface area is 162 Å². The van der Waals surface area contributed by atoms with Crippen molar-refractivity contribution in [2.75, 3.05) is 11.1 Å². The molecule has 0 atom stereocenters. The van der Waals surface area contributed by atoms with Gasteiger partial charge in [0.2, 0.25) is 11.8 Å². The number of hydrogen-bond acceptors (Lipinski definition) is 4. The molecular formula is C20H22N4O2S. The summed E-state index contributed by atoms with van der Waals surface area (Å²) in [5.41, 5.74) is 8.27. The van der Waals surface area contributed by atoms with Crippen LogP contribution in [-0.2, 0) is 11.3 Å². The molecule has 1 aromatic heterocycles. The van der Waals surface area contributed by atoms with E-state index in [1.165, 1.54) is 11.8 Å². The smallest absolute Gasteiger partial charge is 0.248 e. The first-order chi connectivity index (χ1) is 12.9. The van der Waals surface area contributed by atoms with Gasteiger partial charge in [-0.1, -0.05) is 37.7 Å². The van der Waals surface area contributed by atoms with Crippen LogP contribution in [0.25, 0.3) is 11.0 Å². The first-order valence-electron chi connectivity index (χ1n) is 8.72. The maximum atomic E-state index is 12.3. The second-order valence-electron chi connectivity index (χ2n) is 6.67. The number of fused-ring (bicyclic) bond motifs is 1. The van der Waals surface area contributed by atoms with Crippen molar-refractivity contribution in [3.05, 3.63) is 54.1 Å². The maximum absolute atomic E-state index is 12.3. The lowest BCUT2D eigenvalue weighted by Gasteiger charge is -2.11. The van der Waals surface area contributed by atoms with Gasteiger partial charge in [0.05, 0.1) is 16.8 Å². The molecule has 3 aromatic rings. The summed E-state index contributed by atoms with van der Waals surface area (Å²) < 4.78 is 2.17. The molecule has 0 aliphatic heterocycles. The average Bonchev–Trinajstić information content (AvgIpc) is 2.97. The molecule has 0 saturated carbocycles. The standard InChI is InChI=1S/C20H22N4O2S/c1-13(2)11-24-17-6-4-3-5-16(17)23-20(24)27-12-18(25)22-15-9-7-14(8-10-15)19(21)26/h3-10,13H,11-12H2,1-2H3,(H2,21,26)(H,22,25). The third-order valence-electron chi connectivity index (χ3n) is 3.95. The van der Waals surface area contributed by atoms with Gasteiger partial charge >= 0.3 is 0 Å². The number of thioether (sulfide) groups is 1. The van der Waals surface area contributed by atoms with E-state index in [2.05, 4.69) is 34.8 Å². The zero-order valence-corrected chi connectivity index (χ0v) is 16.1. The van der Waals surface area contributed by atoms with Gasteiger partial charge in [0, 0.05) is 17.8 Å². The van der Waals surface area contributed by atoms with Crippen molar-refractivity contribution in [2.45, 2.75) is 25.5 Å². The van der Waals surface area contributed by atoms with Crippen molar-refractivity contribution in [1.82, 2.24) is 9.55 Å². The predicted molar refractivity (Wildman–Crippen MR) is 109 cm³/mol. The van der Waals surface area contributed by atoms with E-state index in [9.17, 15) is 9.59 Å². The minimum absolute atomic E-state index is 0.130. The van der Waals surface area contributed by atoms with Crippen molar-refractivity contribution >= 4 is 40.3 Å². The van der Waals surface area contributed by atoms with E-state index in [1.807, 2.05) is 18.2 Å². The lowest BCUT2D eigenvalue weighted by molar-refractivity contribution is -0.113. The molecule has 0 aliphatic carbocycles. The molecule has 0 fully saturated rings. The fourth-order valence-corrected chi connectivity index (χ4v) is 3.57. The molecule has 0 radical (unpaired) electrons. The number of carbonyl (C=O) groups excluding carboxylic acids is 2. The summed E-state index contributed by atoms with van der Waals surface area (Å²) in [7, 11) is 0. The summed E-state index contributed by atoms with van der Waals surface area (Å²) in [6.07, 6.45) is 0. The summed E-state index contributed by atoms with van der Waals surface area (Å²) in [5, 5.41) is 3.66. The Morgan fingerprint density at radius 2 is 1.85 bits per heavy atom. The first-order valence-corrected chi connectivity index (χ1v) is 9.70. The number of amides is 2. The fourth-order valence-electron chi connectivity index (χ4n) is 2.75. The molecule has 2 aromatic carbocycles. The third-order valence-corrected chi connectivity index (χ3v) is 4.93. The minimum Gasteiger partial charge on any atom is -0.366 e. The highest BCUT2D eigenvalue weighted by Crippen LogP contribution is 2.25. The van der Waals surface area contributed by atoms with Crippen LogP contribution in [0, 0.1) is 5.92 Å². The molecule has 0 unspecified atom stereocenters. The van der Waals surface area contributed by atoms with E-state index in [-0.39, 0.29) is 11.7 Å². The van der Waals surface area contributed by atoms with Gasteiger partial charge in [-0.05, 0) is 42.3 Å². The molecule has 0 spiro atoms. The van der Waals surface area contributed by atoms with Gasteiger partial charge in [0.1, 0.15) is 0 Å². The summed E-state index contributed by atoms with van der Waals surface area (Å²) in [6.45, 7) is 5.16. The van der Waals surface area contributed by atoms with E-state index in [1.54, 1.807) is 24.3 Å². The average molecular weight is 382 g/mol. The van der Waals surface area contributed by atoms with Crippen molar-refractivity contribution in [2.24, 2.45) is 11.7 Å². The molecular weight excluding hydrogens is 360 g/mol. The zero-order chi connectivity index (χ0) is 19.4. The lowest BCUT2D eigenvalue weighted by atomic mass is 10.2. The predicted octanol–water partition coefficient (Wildman–Crippen LogP) is 3.52. The van der Waals surface area contributed by atoms with E-state index in [4.69, 9.17) is 5.73 Å². The van der Waals surface area contributed by atoms with Crippen LogP contribution in [0.3, 0.4) is 0 Å². The zero-order valence-electron chi connectivity index (χ0n) is 15.3. The molecule has 140 valence electrons. The van der Waals surface area contributed by atoms with Gasteiger partial charge in [-0.3, -0.25) is 9.59 Å². The highest BCUT2D eigenvalue weighted by atomic mass is 32.2. The van der Waals surface area contributed by atoms with Gasteiger partial charge in [0.25, 0.3) is 0 Å². The van der Waals surface area contributed by atoms with E-state index in [0.717, 1.165) is 22.7 Å². The Morgan fingerprint density at radius 1 is 1.15 bits per heavy atom. The number of aromatic nitrogens is 2. The molecule has 7 heteroatoms. The van der Waals surface area contributed by atoms with Gasteiger partial charge in [-0.15, -0.1) is 0 Å². The van der Waals surface area contributed by atoms with Gasteiger partial charge in [-0.25, -0.2) is 4.98 Å². The van der Waals surface area contributed by atoms with Crippen molar-refractivity contribution in [3.8, 4) is 0 Å². The van der Waals surface area contributed by atoms with Crippen LogP contribution in [0.15, 0.2) is 53.7 Å². The quantitative estimate of drug-likeness (QED) is 0.612. The van der Waals surface area contributed by atoms with E-state index >= 15 is 0 Å². The number of hydrogen-bond donors (Lipinski definition) is 2. The van der Waals surface area contributed by atoms with Crippen LogP contribution in [0.4, 0.5) is 5.69 Å². The molecule has 0 saturated heterocycles. The van der Waals surface area contributed by atoms with Gasteiger partial charge in [0.15, 0.2) is 5.16 Å². The largest absolute Gasteiger partial charge is 0.366 e. The summed E-state index contributed by atoms with van der Waals surface area (Å²) >= 11 is 1.42. The number of imidazole rings is 1. The fraction of sp³-hybridized carbons (Fsp3) is 0.250. The third kappa shape index (κ3) is 4.68. The maximum Gasteiger partial charge on any atom is 0.248 e. The van der Waals surface area contributed by atoms with Gasteiger partial charge < -0.3 is 15.6 Å². The normalized spacial score (nSPS) is 11.1. The molecule has 6 nitrogen and oxygen atoms in total. The van der Waals surface area contributed by atoms with Gasteiger partial charge in [-0.2, -0.15) is 0 Å². The van der Waals surface area contributed by atoms with Crippen LogP contribution in [0.1, 0.15) is 24.2 Å². The Hall–Kier alpha value is -2.80. The Balaban J connectivity index is 1.68. The van der Waals surface area contributed by atoms with Crippen LogP contribution in [0.2, 0.25) is 0 Å². The Kier molecular flexibility index (Phi) is 5.81. The van der Waals surface area contributed by atoms with Crippen LogP contribution in [0.5, 0.6) is 0 Å². The number of primary amides is 1. The molecule has 0 bridgehead atoms. The number of carbonyl (C=O) groups is 2. The number of nitrogens with one attached hydrogen (secondary N) is 1. The number of nitrogens with zero attached hydrogens (tertiary/aromatic N) is 2. The number of para-hydroxylation sites is 2. The lowest BCUT2D eigenvalue weighted by Crippen LogP contribution is -2.15. The molecule has 27 heavy (non-hydrogen) atoms.